The third-order valence-electron chi connectivity index (χ3n) is 3.17. The molecule has 1 aliphatic heterocycles. The molecule has 0 bridgehead atoms. The molecule has 88 valence electrons. The van der Waals surface area contributed by atoms with Gasteiger partial charge in [0.05, 0.1) is 12.2 Å². The molecule has 0 N–H and O–H groups in total. The quantitative estimate of drug-likeness (QED) is 0.755. The molecule has 0 radical (unpaired) electrons. The van der Waals surface area contributed by atoms with Crippen LogP contribution in [0.3, 0.4) is 0 Å². The fourth-order valence-corrected chi connectivity index (χ4v) is 2.15. The van der Waals surface area contributed by atoms with Crippen molar-refractivity contribution in [3.8, 4) is 5.75 Å². The Kier molecular flexibility index (Phi) is 3.08. The molecule has 0 amide bonds. The maximum absolute atomic E-state index is 5.70. The summed E-state index contributed by atoms with van der Waals surface area (Å²) in [7, 11) is 0. The summed E-state index contributed by atoms with van der Waals surface area (Å²) in [4.78, 5) is 2.42. The van der Waals surface area contributed by atoms with Crippen molar-refractivity contribution in [3.63, 3.8) is 0 Å². The second kappa shape index (κ2) is 4.36. The summed E-state index contributed by atoms with van der Waals surface area (Å²) in [5.41, 5.74) is 2.64. The first kappa shape index (κ1) is 11.3. The number of anilines is 1. The van der Waals surface area contributed by atoms with Gasteiger partial charge in [0.1, 0.15) is 12.4 Å². The van der Waals surface area contributed by atoms with E-state index in [9.17, 15) is 0 Å². The molecule has 0 fully saturated rings. The molecule has 0 atom stereocenters. The predicted octanol–water partition coefficient (Wildman–Crippen LogP) is 3.42. The third kappa shape index (κ3) is 2.01. The molecule has 0 saturated carbocycles. The van der Waals surface area contributed by atoms with Gasteiger partial charge in [-0.2, -0.15) is 0 Å². The first-order valence-electron chi connectivity index (χ1n) is 6.13. The van der Waals surface area contributed by atoms with Crippen LogP contribution in [0.25, 0.3) is 0 Å². The predicted molar refractivity (Wildman–Crippen MR) is 68.5 cm³/mol. The molecule has 1 heterocycles. The Balaban J connectivity index is 2.40. The highest BCUT2D eigenvalue weighted by Gasteiger charge is 2.20. The van der Waals surface area contributed by atoms with E-state index in [1.807, 2.05) is 0 Å². The molecule has 2 rings (SSSR count). The first-order chi connectivity index (χ1) is 7.59. The van der Waals surface area contributed by atoms with Crippen LogP contribution in [0.15, 0.2) is 18.2 Å². The van der Waals surface area contributed by atoms with Crippen LogP contribution in [0.1, 0.15) is 39.2 Å². The van der Waals surface area contributed by atoms with Crippen molar-refractivity contribution in [2.45, 2.75) is 39.7 Å². The minimum absolute atomic E-state index is 0.532. The Morgan fingerprint density at radius 2 is 1.94 bits per heavy atom. The van der Waals surface area contributed by atoms with Gasteiger partial charge in [-0.05, 0) is 37.5 Å². The van der Waals surface area contributed by atoms with Crippen LogP contribution in [0, 0.1) is 0 Å². The maximum atomic E-state index is 5.70. The summed E-state index contributed by atoms with van der Waals surface area (Å²) in [5.74, 6) is 1.60. The third-order valence-corrected chi connectivity index (χ3v) is 3.17. The van der Waals surface area contributed by atoms with Gasteiger partial charge >= 0.3 is 0 Å². The molecular weight excluding hydrogens is 198 g/mol. The van der Waals surface area contributed by atoms with Crippen LogP contribution in [-0.2, 0) is 0 Å². The molecule has 2 heteroatoms. The lowest BCUT2D eigenvalue weighted by atomic mass is 10.0. The zero-order valence-corrected chi connectivity index (χ0v) is 10.7. The van der Waals surface area contributed by atoms with Crippen LogP contribution in [0.5, 0.6) is 5.75 Å². The van der Waals surface area contributed by atoms with Gasteiger partial charge in [-0.1, -0.05) is 19.9 Å². The lowest BCUT2D eigenvalue weighted by molar-refractivity contribution is 0.302. The maximum Gasteiger partial charge on any atom is 0.142 e. The van der Waals surface area contributed by atoms with Crippen molar-refractivity contribution in [2.75, 3.05) is 18.1 Å². The number of hydrogen-bond donors (Lipinski definition) is 0. The average molecular weight is 219 g/mol. The van der Waals surface area contributed by atoms with Crippen molar-refractivity contribution in [2.24, 2.45) is 0 Å². The Labute approximate surface area is 98.2 Å². The normalized spacial score (nSPS) is 15.2. The molecule has 16 heavy (non-hydrogen) atoms. The number of nitrogens with zero attached hydrogens (tertiary/aromatic N) is 1. The average Bonchev–Trinajstić information content (AvgIpc) is 2.27. The van der Waals surface area contributed by atoms with E-state index < -0.39 is 0 Å². The minimum Gasteiger partial charge on any atom is -0.490 e. The molecule has 0 aliphatic carbocycles. The van der Waals surface area contributed by atoms with E-state index in [1.165, 1.54) is 11.3 Å². The smallest absolute Gasteiger partial charge is 0.142 e. The van der Waals surface area contributed by atoms with Crippen molar-refractivity contribution < 1.29 is 4.74 Å². The Morgan fingerprint density at radius 3 is 2.56 bits per heavy atom. The number of hydrogen-bond acceptors (Lipinski definition) is 2. The standard InChI is InChI=1S/C14H21NO/c1-10(2)12-5-6-14-13(9-12)15(11(3)4)7-8-16-14/h5-6,9-11H,7-8H2,1-4H3. The van der Waals surface area contributed by atoms with E-state index in [0.29, 0.717) is 12.0 Å². The van der Waals surface area contributed by atoms with E-state index in [1.54, 1.807) is 0 Å². The second-order valence-corrected chi connectivity index (χ2v) is 5.02. The summed E-state index contributed by atoms with van der Waals surface area (Å²) in [6.45, 7) is 10.7. The van der Waals surface area contributed by atoms with Gasteiger partial charge in [-0.25, -0.2) is 0 Å². The molecule has 0 aromatic heterocycles. The molecule has 1 aliphatic rings. The van der Waals surface area contributed by atoms with E-state index in [-0.39, 0.29) is 0 Å². The van der Waals surface area contributed by atoms with E-state index in [4.69, 9.17) is 4.74 Å². The summed E-state index contributed by atoms with van der Waals surface area (Å²) in [6, 6.07) is 7.09. The van der Waals surface area contributed by atoms with Crippen LogP contribution in [0.2, 0.25) is 0 Å². The van der Waals surface area contributed by atoms with Gasteiger partial charge in [-0.3, -0.25) is 0 Å². The van der Waals surface area contributed by atoms with Crippen LogP contribution >= 0.6 is 0 Å². The van der Waals surface area contributed by atoms with Crippen molar-refractivity contribution in [1.29, 1.82) is 0 Å². The van der Waals surface area contributed by atoms with Gasteiger partial charge in [0.15, 0.2) is 0 Å². The minimum atomic E-state index is 0.532. The van der Waals surface area contributed by atoms with Gasteiger partial charge < -0.3 is 9.64 Å². The fourth-order valence-electron chi connectivity index (χ4n) is 2.15. The summed E-state index contributed by atoms with van der Waals surface area (Å²) >= 11 is 0. The molecule has 1 aromatic carbocycles. The SMILES string of the molecule is CC(C)c1ccc2c(c1)N(C(C)C)CCO2. The van der Waals surface area contributed by atoms with Crippen LogP contribution < -0.4 is 9.64 Å². The Hall–Kier alpha value is -1.18. The number of ether oxygens (including phenoxy) is 1. The van der Waals surface area contributed by atoms with Gasteiger partial charge in [-0.15, -0.1) is 0 Å². The number of benzene rings is 1. The van der Waals surface area contributed by atoms with E-state index in [0.717, 1.165) is 18.9 Å². The van der Waals surface area contributed by atoms with Crippen LogP contribution in [-0.4, -0.2) is 19.2 Å². The highest BCUT2D eigenvalue weighted by atomic mass is 16.5. The topological polar surface area (TPSA) is 12.5 Å². The van der Waals surface area contributed by atoms with E-state index in [2.05, 4.69) is 50.8 Å². The summed E-state index contributed by atoms with van der Waals surface area (Å²) in [6.07, 6.45) is 0. The second-order valence-electron chi connectivity index (χ2n) is 5.02. The Morgan fingerprint density at radius 1 is 1.19 bits per heavy atom. The van der Waals surface area contributed by atoms with Crippen molar-refractivity contribution in [1.82, 2.24) is 0 Å². The van der Waals surface area contributed by atoms with Crippen LogP contribution in [0.4, 0.5) is 5.69 Å². The molecule has 1 aromatic rings. The highest BCUT2D eigenvalue weighted by Crippen LogP contribution is 2.35. The molecule has 2 nitrogen and oxygen atoms in total. The van der Waals surface area contributed by atoms with E-state index >= 15 is 0 Å². The van der Waals surface area contributed by atoms with Gasteiger partial charge in [0.25, 0.3) is 0 Å². The molecule has 0 spiro atoms. The Bertz CT molecular complexity index is 371. The van der Waals surface area contributed by atoms with Gasteiger partial charge in [0, 0.05) is 6.04 Å². The zero-order chi connectivity index (χ0) is 11.7. The molecular formula is C14H21NO. The zero-order valence-electron chi connectivity index (χ0n) is 10.7. The first-order valence-corrected chi connectivity index (χ1v) is 6.13. The molecule has 0 saturated heterocycles. The van der Waals surface area contributed by atoms with Gasteiger partial charge in [0.2, 0.25) is 0 Å². The largest absolute Gasteiger partial charge is 0.490 e. The number of fused-ring (bicyclic) bond motifs is 1. The lowest BCUT2D eigenvalue weighted by Crippen LogP contribution is -2.37. The fraction of sp³-hybridized carbons (Fsp3) is 0.571. The monoisotopic (exact) mass is 219 g/mol. The lowest BCUT2D eigenvalue weighted by Gasteiger charge is -2.35. The summed E-state index contributed by atoms with van der Waals surface area (Å²) in [5, 5.41) is 0. The van der Waals surface area contributed by atoms with Crippen molar-refractivity contribution in [3.05, 3.63) is 23.8 Å². The number of rotatable bonds is 2. The summed E-state index contributed by atoms with van der Waals surface area (Å²) < 4.78 is 5.70. The van der Waals surface area contributed by atoms with Crippen molar-refractivity contribution >= 4 is 5.69 Å². The molecule has 0 unspecified atom stereocenters. The highest BCUT2D eigenvalue weighted by molar-refractivity contribution is 5.62.